The zero-order valence-electron chi connectivity index (χ0n) is 35.4. The Kier molecular flexibility index (Phi) is 31.1. The fourth-order valence-corrected chi connectivity index (χ4v) is 7.59. The average Bonchev–Trinajstić information content (AvgIpc) is 3.59. The zero-order valence-corrected chi connectivity index (χ0v) is 35.4. The SMILES string of the molecule is CCCCC/C=C\C/C=C\CCCCCCCCC1(CCCCCCCC/C=C\CCCCCCCC)OCC(CCN(CC)Cc2ccncc2)O1. The van der Waals surface area contributed by atoms with Crippen LogP contribution in [0.1, 0.15) is 213 Å². The summed E-state index contributed by atoms with van der Waals surface area (Å²) >= 11 is 0. The number of aromatic nitrogens is 1. The van der Waals surface area contributed by atoms with E-state index in [4.69, 9.17) is 9.47 Å². The summed E-state index contributed by atoms with van der Waals surface area (Å²) in [6, 6.07) is 4.26. The fraction of sp³-hybridized carbons (Fsp3) is 0.776. The molecule has 0 radical (unpaired) electrons. The van der Waals surface area contributed by atoms with Crippen LogP contribution in [0.15, 0.2) is 61.0 Å². The average molecular weight is 735 g/mol. The number of unbranched alkanes of at least 4 members (excludes halogenated alkanes) is 21. The molecule has 1 aliphatic heterocycles. The van der Waals surface area contributed by atoms with E-state index in [1.54, 1.807) is 0 Å². The summed E-state index contributed by atoms with van der Waals surface area (Å²) in [6.45, 7) is 10.6. The largest absolute Gasteiger partial charge is 0.347 e. The fourth-order valence-electron chi connectivity index (χ4n) is 7.59. The number of rotatable bonds is 37. The molecular formula is C49H86N2O2. The van der Waals surface area contributed by atoms with Crippen LogP contribution in [0.4, 0.5) is 0 Å². The molecule has 4 heteroatoms. The van der Waals surface area contributed by atoms with Gasteiger partial charge in [0.2, 0.25) is 0 Å². The number of allylic oxidation sites excluding steroid dienone is 6. The van der Waals surface area contributed by atoms with E-state index in [0.29, 0.717) is 0 Å². The summed E-state index contributed by atoms with van der Waals surface area (Å²) < 4.78 is 13.5. The Morgan fingerprint density at radius 1 is 0.604 bits per heavy atom. The molecule has 1 fully saturated rings. The molecule has 53 heavy (non-hydrogen) atoms. The minimum Gasteiger partial charge on any atom is -0.347 e. The zero-order chi connectivity index (χ0) is 37.8. The first kappa shape index (κ1) is 47.4. The Bertz CT molecular complexity index is 1010. The van der Waals surface area contributed by atoms with E-state index in [2.05, 4.69) is 79.2 Å². The molecule has 2 atom stereocenters. The molecule has 0 aromatic carbocycles. The molecule has 0 amide bonds. The molecule has 2 rings (SSSR count). The smallest absolute Gasteiger partial charge is 0.168 e. The predicted molar refractivity (Wildman–Crippen MR) is 231 cm³/mol. The summed E-state index contributed by atoms with van der Waals surface area (Å²) in [5, 5.41) is 0. The van der Waals surface area contributed by atoms with Gasteiger partial charge in [0.05, 0.1) is 12.7 Å². The molecule has 1 aromatic rings. The highest BCUT2D eigenvalue weighted by Crippen LogP contribution is 2.36. The molecule has 1 aromatic heterocycles. The van der Waals surface area contributed by atoms with Crippen LogP contribution in [0, 0.1) is 0 Å². The van der Waals surface area contributed by atoms with Crippen LogP contribution in [0.25, 0.3) is 0 Å². The summed E-state index contributed by atoms with van der Waals surface area (Å²) in [5.74, 6) is -0.358. The first-order valence-electron chi connectivity index (χ1n) is 23.1. The van der Waals surface area contributed by atoms with Crippen molar-refractivity contribution in [3.8, 4) is 0 Å². The minimum absolute atomic E-state index is 0.209. The predicted octanol–water partition coefficient (Wildman–Crippen LogP) is 15.0. The molecule has 0 N–H and O–H groups in total. The van der Waals surface area contributed by atoms with E-state index >= 15 is 0 Å². The van der Waals surface area contributed by atoms with Crippen molar-refractivity contribution in [3.05, 3.63) is 66.5 Å². The first-order valence-corrected chi connectivity index (χ1v) is 23.1. The van der Waals surface area contributed by atoms with Crippen molar-refractivity contribution >= 4 is 0 Å². The second kappa shape index (κ2) is 34.7. The molecule has 0 aliphatic carbocycles. The lowest BCUT2D eigenvalue weighted by molar-refractivity contribution is -0.180. The Morgan fingerprint density at radius 2 is 1.06 bits per heavy atom. The van der Waals surface area contributed by atoms with Crippen LogP contribution in [-0.4, -0.2) is 41.5 Å². The monoisotopic (exact) mass is 735 g/mol. The van der Waals surface area contributed by atoms with Crippen LogP contribution in [0.2, 0.25) is 0 Å². The molecule has 304 valence electrons. The maximum absolute atomic E-state index is 6.86. The molecule has 0 bridgehead atoms. The van der Waals surface area contributed by atoms with Crippen molar-refractivity contribution in [1.82, 2.24) is 9.88 Å². The van der Waals surface area contributed by atoms with Crippen molar-refractivity contribution in [2.75, 3.05) is 19.7 Å². The van der Waals surface area contributed by atoms with Crippen molar-refractivity contribution in [1.29, 1.82) is 0 Å². The summed E-state index contributed by atoms with van der Waals surface area (Å²) in [6.07, 6.45) is 55.7. The van der Waals surface area contributed by atoms with Gasteiger partial charge >= 0.3 is 0 Å². The van der Waals surface area contributed by atoms with Crippen molar-refractivity contribution in [3.63, 3.8) is 0 Å². The lowest BCUT2D eigenvalue weighted by atomic mass is 9.98. The summed E-state index contributed by atoms with van der Waals surface area (Å²) in [7, 11) is 0. The maximum atomic E-state index is 6.86. The molecule has 0 spiro atoms. The van der Waals surface area contributed by atoms with Gasteiger partial charge in [0.25, 0.3) is 0 Å². The number of hydrogen-bond donors (Lipinski definition) is 0. The van der Waals surface area contributed by atoms with Crippen LogP contribution in [0.5, 0.6) is 0 Å². The van der Waals surface area contributed by atoms with Crippen LogP contribution in [-0.2, 0) is 16.0 Å². The quantitative estimate of drug-likeness (QED) is 0.0503. The molecule has 4 nitrogen and oxygen atoms in total. The van der Waals surface area contributed by atoms with Crippen LogP contribution in [0.3, 0.4) is 0 Å². The minimum atomic E-state index is -0.358. The third-order valence-electron chi connectivity index (χ3n) is 11.1. The lowest BCUT2D eigenvalue weighted by Crippen LogP contribution is -2.32. The first-order chi connectivity index (χ1) is 26.2. The van der Waals surface area contributed by atoms with Gasteiger partial charge in [-0.3, -0.25) is 9.88 Å². The Labute approximate surface area is 330 Å². The topological polar surface area (TPSA) is 34.6 Å². The van der Waals surface area contributed by atoms with Crippen molar-refractivity contribution in [2.45, 2.75) is 225 Å². The van der Waals surface area contributed by atoms with Gasteiger partial charge in [0.1, 0.15) is 0 Å². The normalized spacial score (nSPS) is 17.8. The van der Waals surface area contributed by atoms with E-state index < -0.39 is 0 Å². The molecule has 1 saturated heterocycles. The summed E-state index contributed by atoms with van der Waals surface area (Å²) in [4.78, 5) is 6.71. The third-order valence-corrected chi connectivity index (χ3v) is 11.1. The Morgan fingerprint density at radius 3 is 1.58 bits per heavy atom. The van der Waals surface area contributed by atoms with Gasteiger partial charge in [-0.2, -0.15) is 0 Å². The van der Waals surface area contributed by atoms with Gasteiger partial charge in [0.15, 0.2) is 5.79 Å². The lowest BCUT2D eigenvalue weighted by Gasteiger charge is -2.29. The van der Waals surface area contributed by atoms with Crippen LogP contribution < -0.4 is 0 Å². The van der Waals surface area contributed by atoms with E-state index in [9.17, 15) is 0 Å². The molecule has 2 unspecified atom stereocenters. The van der Waals surface area contributed by atoms with Crippen molar-refractivity contribution < 1.29 is 9.47 Å². The Balaban J connectivity index is 1.64. The molecule has 2 heterocycles. The summed E-state index contributed by atoms with van der Waals surface area (Å²) in [5.41, 5.74) is 1.33. The highest BCUT2D eigenvalue weighted by Gasteiger charge is 2.40. The van der Waals surface area contributed by atoms with Gasteiger partial charge < -0.3 is 9.47 Å². The number of pyridine rings is 1. The molecular weight excluding hydrogens is 649 g/mol. The highest BCUT2D eigenvalue weighted by molar-refractivity contribution is 5.09. The second-order valence-corrected chi connectivity index (χ2v) is 16.0. The second-order valence-electron chi connectivity index (χ2n) is 16.0. The van der Waals surface area contributed by atoms with Gasteiger partial charge in [-0.1, -0.05) is 154 Å². The van der Waals surface area contributed by atoms with Crippen molar-refractivity contribution in [2.24, 2.45) is 0 Å². The van der Waals surface area contributed by atoms with E-state index in [0.717, 1.165) is 51.9 Å². The van der Waals surface area contributed by atoms with E-state index in [1.807, 2.05) is 12.4 Å². The van der Waals surface area contributed by atoms with Gasteiger partial charge in [0, 0.05) is 38.3 Å². The Hall–Kier alpha value is -1.75. The number of ether oxygens (including phenoxy) is 2. The maximum Gasteiger partial charge on any atom is 0.168 e. The number of hydrogen-bond acceptors (Lipinski definition) is 4. The number of nitrogens with zero attached hydrogens (tertiary/aromatic N) is 2. The van der Waals surface area contributed by atoms with E-state index in [-0.39, 0.29) is 11.9 Å². The van der Waals surface area contributed by atoms with Crippen LogP contribution >= 0.6 is 0 Å². The van der Waals surface area contributed by atoms with Gasteiger partial charge in [-0.05, 0) is 101 Å². The molecule has 1 aliphatic rings. The van der Waals surface area contributed by atoms with E-state index in [1.165, 1.54) is 166 Å². The van der Waals surface area contributed by atoms with Gasteiger partial charge in [-0.15, -0.1) is 0 Å². The van der Waals surface area contributed by atoms with Gasteiger partial charge in [-0.25, -0.2) is 0 Å². The standard InChI is InChI=1S/C49H86N2O2/c1-4-7-9-11-13-15-17-19-21-23-25-27-29-31-33-35-40-49(41-36-34-32-30-28-26-24-22-20-18-16-14-12-10-8-5-2)52-46-48(53-49)39-44-51(6-3)45-47-37-42-50-43-38-47/h13,15,19-22,37-38,42-43,48H,4-12,14,16-18,23-36,39-41,44-46H2,1-3H3/b15-13-,21-19-,22-20-. The highest BCUT2D eigenvalue weighted by atomic mass is 16.7. The third kappa shape index (κ3) is 26.7. The molecule has 0 saturated carbocycles.